The standard InChI is InChI=1S/C14H14BrClN2O2/c1-14(2,3)12-10(15)11(13(19)20)17-18(12)9-6-4-8(16)5-7-9/h4-7H,1-3H3,(H,19,20). The first-order valence-electron chi connectivity index (χ1n) is 6.00. The number of aromatic carboxylic acids is 1. The van der Waals surface area contributed by atoms with Gasteiger partial charge in [0.05, 0.1) is 15.9 Å². The van der Waals surface area contributed by atoms with Gasteiger partial charge in [0.1, 0.15) is 0 Å². The van der Waals surface area contributed by atoms with Crippen LogP contribution in [0.5, 0.6) is 0 Å². The van der Waals surface area contributed by atoms with Gasteiger partial charge in [-0.25, -0.2) is 9.48 Å². The quantitative estimate of drug-likeness (QED) is 0.872. The van der Waals surface area contributed by atoms with Crippen molar-refractivity contribution in [1.29, 1.82) is 0 Å². The number of aromatic nitrogens is 2. The Labute approximate surface area is 130 Å². The van der Waals surface area contributed by atoms with Crippen LogP contribution in [0.2, 0.25) is 5.02 Å². The van der Waals surface area contributed by atoms with E-state index in [1.54, 1.807) is 16.8 Å². The second-order valence-corrected chi connectivity index (χ2v) is 6.68. The van der Waals surface area contributed by atoms with E-state index in [0.29, 0.717) is 9.50 Å². The van der Waals surface area contributed by atoms with Gasteiger partial charge >= 0.3 is 5.97 Å². The third-order valence-electron chi connectivity index (χ3n) is 2.81. The Bertz CT molecular complexity index is 657. The van der Waals surface area contributed by atoms with Crippen molar-refractivity contribution in [1.82, 2.24) is 9.78 Å². The molecule has 0 amide bonds. The summed E-state index contributed by atoms with van der Waals surface area (Å²) in [4.78, 5) is 11.3. The van der Waals surface area contributed by atoms with Crippen LogP contribution >= 0.6 is 27.5 Å². The van der Waals surface area contributed by atoms with Crippen LogP contribution < -0.4 is 0 Å². The van der Waals surface area contributed by atoms with Crippen LogP contribution in [0.15, 0.2) is 28.7 Å². The van der Waals surface area contributed by atoms with Gasteiger partial charge in [0, 0.05) is 10.4 Å². The lowest BCUT2D eigenvalue weighted by molar-refractivity contribution is 0.0689. The molecule has 0 aliphatic carbocycles. The number of hydrogen-bond acceptors (Lipinski definition) is 2. The lowest BCUT2D eigenvalue weighted by atomic mass is 9.91. The van der Waals surface area contributed by atoms with E-state index in [4.69, 9.17) is 11.6 Å². The Morgan fingerprint density at radius 1 is 1.30 bits per heavy atom. The predicted octanol–water partition coefficient (Wildman–Crippen LogP) is 4.28. The van der Waals surface area contributed by atoms with E-state index in [1.807, 2.05) is 32.9 Å². The van der Waals surface area contributed by atoms with Gasteiger partial charge in [-0.15, -0.1) is 0 Å². The molecule has 1 heterocycles. The molecule has 106 valence electrons. The van der Waals surface area contributed by atoms with E-state index in [2.05, 4.69) is 21.0 Å². The SMILES string of the molecule is CC(C)(C)c1c(Br)c(C(=O)O)nn1-c1ccc(Cl)cc1. The summed E-state index contributed by atoms with van der Waals surface area (Å²) in [7, 11) is 0. The zero-order valence-electron chi connectivity index (χ0n) is 11.3. The van der Waals surface area contributed by atoms with E-state index in [1.165, 1.54) is 0 Å². The van der Waals surface area contributed by atoms with Crippen molar-refractivity contribution in [3.63, 3.8) is 0 Å². The number of carboxylic acid groups (broad SMARTS) is 1. The third kappa shape index (κ3) is 2.74. The largest absolute Gasteiger partial charge is 0.476 e. The summed E-state index contributed by atoms with van der Waals surface area (Å²) in [5.74, 6) is -1.06. The first kappa shape index (κ1) is 15.1. The molecule has 1 aromatic heterocycles. The van der Waals surface area contributed by atoms with Crippen LogP contribution in [0.25, 0.3) is 5.69 Å². The van der Waals surface area contributed by atoms with E-state index in [0.717, 1.165) is 11.4 Å². The fourth-order valence-corrected chi connectivity index (χ4v) is 3.09. The second kappa shape index (κ2) is 5.22. The highest BCUT2D eigenvalue weighted by molar-refractivity contribution is 9.10. The summed E-state index contributed by atoms with van der Waals surface area (Å²) in [5, 5.41) is 14.1. The van der Waals surface area contributed by atoms with Gasteiger partial charge in [-0.1, -0.05) is 32.4 Å². The van der Waals surface area contributed by atoms with Crippen molar-refractivity contribution in [3.05, 3.63) is 45.1 Å². The molecule has 0 atom stereocenters. The van der Waals surface area contributed by atoms with Gasteiger partial charge in [0.15, 0.2) is 5.69 Å². The number of carboxylic acids is 1. The van der Waals surface area contributed by atoms with Crippen LogP contribution in [0.3, 0.4) is 0 Å². The fourth-order valence-electron chi connectivity index (χ4n) is 1.95. The second-order valence-electron chi connectivity index (χ2n) is 5.45. The Hall–Kier alpha value is -1.33. The van der Waals surface area contributed by atoms with Crippen LogP contribution in [0, 0.1) is 0 Å². The fraction of sp³-hybridized carbons (Fsp3) is 0.286. The Balaban J connectivity index is 2.72. The molecule has 0 saturated heterocycles. The minimum absolute atomic E-state index is 0.00451. The number of rotatable bonds is 2. The molecule has 0 radical (unpaired) electrons. The molecular formula is C14H14BrClN2O2. The molecule has 0 aliphatic heterocycles. The molecule has 6 heteroatoms. The summed E-state index contributed by atoms with van der Waals surface area (Å²) in [5.41, 5.74) is 1.31. The minimum Gasteiger partial charge on any atom is -0.476 e. The number of nitrogens with zero attached hydrogens (tertiary/aromatic N) is 2. The average Bonchev–Trinajstić information content (AvgIpc) is 2.67. The molecule has 2 aromatic rings. The van der Waals surface area contributed by atoms with Gasteiger partial charge in [0.2, 0.25) is 0 Å². The molecule has 2 rings (SSSR count). The third-order valence-corrected chi connectivity index (χ3v) is 3.81. The first-order chi connectivity index (χ1) is 9.21. The molecule has 0 aliphatic rings. The number of carbonyl (C=O) groups is 1. The molecule has 0 spiro atoms. The topological polar surface area (TPSA) is 55.1 Å². The lowest BCUT2D eigenvalue weighted by Crippen LogP contribution is -2.18. The molecule has 20 heavy (non-hydrogen) atoms. The van der Waals surface area contributed by atoms with Crippen molar-refractivity contribution in [3.8, 4) is 5.69 Å². The normalized spacial score (nSPS) is 11.7. The van der Waals surface area contributed by atoms with Gasteiger partial charge in [-0.3, -0.25) is 0 Å². The van der Waals surface area contributed by atoms with Crippen molar-refractivity contribution in [2.45, 2.75) is 26.2 Å². The molecule has 4 nitrogen and oxygen atoms in total. The van der Waals surface area contributed by atoms with Gasteiger partial charge in [0.25, 0.3) is 0 Å². The van der Waals surface area contributed by atoms with Crippen LogP contribution in [0.1, 0.15) is 37.0 Å². The molecule has 1 N–H and O–H groups in total. The van der Waals surface area contributed by atoms with Gasteiger partial charge in [-0.2, -0.15) is 5.10 Å². The van der Waals surface area contributed by atoms with E-state index in [9.17, 15) is 9.90 Å². The van der Waals surface area contributed by atoms with Crippen LogP contribution in [-0.4, -0.2) is 20.9 Å². The highest BCUT2D eigenvalue weighted by atomic mass is 79.9. The average molecular weight is 358 g/mol. The Morgan fingerprint density at radius 2 is 1.85 bits per heavy atom. The van der Waals surface area contributed by atoms with Crippen molar-refractivity contribution >= 4 is 33.5 Å². The van der Waals surface area contributed by atoms with Crippen LogP contribution in [-0.2, 0) is 5.41 Å². The van der Waals surface area contributed by atoms with E-state index < -0.39 is 5.97 Å². The summed E-state index contributed by atoms with van der Waals surface area (Å²) in [6, 6.07) is 7.12. The number of hydrogen-bond donors (Lipinski definition) is 1. The summed E-state index contributed by atoms with van der Waals surface area (Å²) < 4.78 is 2.15. The highest BCUT2D eigenvalue weighted by Gasteiger charge is 2.29. The maximum absolute atomic E-state index is 11.3. The molecule has 0 bridgehead atoms. The maximum atomic E-state index is 11.3. The zero-order valence-corrected chi connectivity index (χ0v) is 13.7. The van der Waals surface area contributed by atoms with Crippen molar-refractivity contribution in [2.75, 3.05) is 0 Å². The lowest BCUT2D eigenvalue weighted by Gasteiger charge is -2.21. The number of benzene rings is 1. The highest BCUT2D eigenvalue weighted by Crippen LogP contribution is 2.34. The molecule has 0 saturated carbocycles. The minimum atomic E-state index is -1.06. The predicted molar refractivity (Wildman–Crippen MR) is 81.9 cm³/mol. The Morgan fingerprint density at radius 3 is 2.30 bits per heavy atom. The van der Waals surface area contributed by atoms with Crippen LogP contribution in [0.4, 0.5) is 0 Å². The molecule has 1 aromatic carbocycles. The Kier molecular flexibility index (Phi) is 3.93. The summed E-state index contributed by atoms with van der Waals surface area (Å²) >= 11 is 9.24. The van der Waals surface area contributed by atoms with Crippen molar-refractivity contribution in [2.24, 2.45) is 0 Å². The number of halogens is 2. The monoisotopic (exact) mass is 356 g/mol. The molecule has 0 unspecified atom stereocenters. The first-order valence-corrected chi connectivity index (χ1v) is 7.17. The molecule has 0 fully saturated rings. The summed E-state index contributed by atoms with van der Waals surface area (Å²) in [6.07, 6.45) is 0. The molecular weight excluding hydrogens is 344 g/mol. The maximum Gasteiger partial charge on any atom is 0.357 e. The van der Waals surface area contributed by atoms with Gasteiger partial charge < -0.3 is 5.11 Å². The van der Waals surface area contributed by atoms with Gasteiger partial charge in [-0.05, 0) is 40.2 Å². The van der Waals surface area contributed by atoms with E-state index >= 15 is 0 Å². The zero-order chi connectivity index (χ0) is 15.1. The van der Waals surface area contributed by atoms with E-state index in [-0.39, 0.29) is 11.1 Å². The summed E-state index contributed by atoms with van der Waals surface area (Å²) in [6.45, 7) is 6.02. The smallest absolute Gasteiger partial charge is 0.357 e. The van der Waals surface area contributed by atoms with Crippen molar-refractivity contribution < 1.29 is 9.90 Å².